The molecule has 26 heavy (non-hydrogen) atoms. The molecule has 0 rings (SSSR count). The quantitative estimate of drug-likeness (QED) is 0.177. The monoisotopic (exact) mass is 394 g/mol. The third-order valence-corrected chi connectivity index (χ3v) is 3.91. The lowest BCUT2D eigenvalue weighted by atomic mass is 10.1. The fraction of sp³-hybridized carbons (Fsp3) is 0.714. The van der Waals surface area contributed by atoms with E-state index < -0.39 is 61.1 Å². The molecule has 0 fully saturated rings. The lowest BCUT2D eigenvalue weighted by Gasteiger charge is -2.22. The highest BCUT2D eigenvalue weighted by Crippen LogP contribution is 2.01. The summed E-state index contributed by atoms with van der Waals surface area (Å²) in [6.07, 6.45) is 0.733. The molecule has 0 bridgehead atoms. The molecule has 0 aliphatic rings. The van der Waals surface area contributed by atoms with Crippen molar-refractivity contribution in [2.24, 2.45) is 5.73 Å². The zero-order valence-electron chi connectivity index (χ0n) is 14.6. The second-order valence-electron chi connectivity index (χ2n) is 5.47. The molecular formula is C14H26N4O7S. The molecule has 4 atom stereocenters. The van der Waals surface area contributed by atoms with Crippen LogP contribution in [-0.4, -0.2) is 88.4 Å². The summed E-state index contributed by atoms with van der Waals surface area (Å²) >= 11 is 1.43. The number of carbonyl (C=O) groups excluding carboxylic acids is 3. The Hall–Kier alpha value is -1.89. The summed E-state index contributed by atoms with van der Waals surface area (Å²) in [6.45, 7) is 0.0694. The Morgan fingerprint density at radius 1 is 1.15 bits per heavy atom. The largest absolute Gasteiger partial charge is 0.480 e. The average molecular weight is 394 g/mol. The number of amides is 3. The zero-order chi connectivity index (χ0) is 20.3. The maximum atomic E-state index is 12.0. The molecule has 11 nitrogen and oxygen atoms in total. The summed E-state index contributed by atoms with van der Waals surface area (Å²) in [5, 5.41) is 34.1. The number of carboxylic acid groups (broad SMARTS) is 1. The Kier molecular flexibility index (Phi) is 11.6. The van der Waals surface area contributed by atoms with Gasteiger partial charge < -0.3 is 37.0 Å². The maximum absolute atomic E-state index is 12.0. The van der Waals surface area contributed by atoms with Gasteiger partial charge in [0, 0.05) is 0 Å². The van der Waals surface area contributed by atoms with Gasteiger partial charge in [-0.05, 0) is 25.4 Å². The van der Waals surface area contributed by atoms with Crippen molar-refractivity contribution in [3.63, 3.8) is 0 Å². The van der Waals surface area contributed by atoms with Crippen LogP contribution in [0.25, 0.3) is 0 Å². The molecular weight excluding hydrogens is 368 g/mol. The van der Waals surface area contributed by atoms with Crippen molar-refractivity contribution in [1.82, 2.24) is 16.0 Å². The minimum absolute atomic E-state index is 0.224. The van der Waals surface area contributed by atoms with Crippen molar-refractivity contribution < 1.29 is 34.5 Å². The van der Waals surface area contributed by atoms with Gasteiger partial charge in [-0.2, -0.15) is 11.8 Å². The van der Waals surface area contributed by atoms with E-state index in [-0.39, 0.29) is 6.42 Å². The van der Waals surface area contributed by atoms with E-state index in [1.54, 1.807) is 6.26 Å². The number of nitrogens with one attached hydrogen (secondary N) is 3. The number of carbonyl (C=O) groups is 4. The molecule has 0 spiro atoms. The van der Waals surface area contributed by atoms with Crippen LogP contribution < -0.4 is 21.7 Å². The summed E-state index contributed by atoms with van der Waals surface area (Å²) in [4.78, 5) is 46.5. The van der Waals surface area contributed by atoms with Crippen molar-refractivity contribution in [1.29, 1.82) is 0 Å². The number of hydrogen-bond acceptors (Lipinski definition) is 8. The Morgan fingerprint density at radius 2 is 1.77 bits per heavy atom. The number of aliphatic carboxylic acids is 1. The van der Waals surface area contributed by atoms with Gasteiger partial charge in [-0.3, -0.25) is 14.4 Å². The van der Waals surface area contributed by atoms with Crippen molar-refractivity contribution >= 4 is 35.5 Å². The predicted octanol–water partition coefficient (Wildman–Crippen LogP) is -3.39. The SMILES string of the molecule is CSCCC(NC(=O)CNC(=O)C(NC(=O)C(N)CO)C(C)O)C(=O)O. The molecule has 0 aromatic carbocycles. The maximum Gasteiger partial charge on any atom is 0.326 e. The molecule has 12 heteroatoms. The molecule has 0 saturated heterocycles. The van der Waals surface area contributed by atoms with Gasteiger partial charge in [0.2, 0.25) is 17.7 Å². The summed E-state index contributed by atoms with van der Waals surface area (Å²) in [6, 6.07) is -3.73. The Balaban J connectivity index is 4.63. The Bertz CT molecular complexity index is 504. The summed E-state index contributed by atoms with van der Waals surface area (Å²) in [5.41, 5.74) is 5.31. The van der Waals surface area contributed by atoms with Crippen LogP contribution in [0, 0.1) is 0 Å². The molecule has 8 N–H and O–H groups in total. The molecule has 0 aromatic heterocycles. The minimum atomic E-state index is -1.39. The Labute approximate surface area is 155 Å². The molecule has 0 saturated carbocycles. The lowest BCUT2D eigenvalue weighted by molar-refractivity contribution is -0.141. The van der Waals surface area contributed by atoms with Gasteiger partial charge in [0.25, 0.3) is 0 Å². The number of hydrogen-bond donors (Lipinski definition) is 7. The van der Waals surface area contributed by atoms with E-state index in [0.717, 1.165) is 0 Å². The smallest absolute Gasteiger partial charge is 0.326 e. The van der Waals surface area contributed by atoms with E-state index in [9.17, 15) is 24.3 Å². The first kappa shape index (κ1) is 24.1. The van der Waals surface area contributed by atoms with Crippen LogP contribution in [0.5, 0.6) is 0 Å². The van der Waals surface area contributed by atoms with Crippen LogP contribution in [-0.2, 0) is 19.2 Å². The number of aliphatic hydroxyl groups is 2. The molecule has 0 radical (unpaired) electrons. The number of aliphatic hydroxyl groups excluding tert-OH is 2. The second kappa shape index (κ2) is 12.5. The van der Waals surface area contributed by atoms with Crippen LogP contribution in [0.1, 0.15) is 13.3 Å². The van der Waals surface area contributed by atoms with Gasteiger partial charge in [0.15, 0.2) is 0 Å². The van der Waals surface area contributed by atoms with Crippen molar-refractivity contribution in [3.05, 3.63) is 0 Å². The predicted molar refractivity (Wildman–Crippen MR) is 94.2 cm³/mol. The highest BCUT2D eigenvalue weighted by molar-refractivity contribution is 7.98. The van der Waals surface area contributed by atoms with E-state index in [2.05, 4.69) is 16.0 Å². The highest BCUT2D eigenvalue weighted by atomic mass is 32.2. The number of thioether (sulfide) groups is 1. The molecule has 3 amide bonds. The van der Waals surface area contributed by atoms with Crippen molar-refractivity contribution in [2.75, 3.05) is 25.2 Å². The van der Waals surface area contributed by atoms with Crippen LogP contribution in [0.4, 0.5) is 0 Å². The zero-order valence-corrected chi connectivity index (χ0v) is 15.4. The lowest BCUT2D eigenvalue weighted by Crippen LogP contribution is -2.57. The minimum Gasteiger partial charge on any atom is -0.480 e. The van der Waals surface area contributed by atoms with Crippen molar-refractivity contribution in [3.8, 4) is 0 Å². The number of nitrogens with two attached hydrogens (primary N) is 1. The highest BCUT2D eigenvalue weighted by Gasteiger charge is 2.28. The molecule has 150 valence electrons. The first-order valence-electron chi connectivity index (χ1n) is 7.77. The first-order valence-corrected chi connectivity index (χ1v) is 9.17. The van der Waals surface area contributed by atoms with Gasteiger partial charge >= 0.3 is 5.97 Å². The van der Waals surface area contributed by atoms with Gasteiger partial charge in [-0.25, -0.2) is 4.79 Å². The van der Waals surface area contributed by atoms with Crippen LogP contribution in [0.3, 0.4) is 0 Å². The summed E-state index contributed by atoms with van der Waals surface area (Å²) < 4.78 is 0. The number of rotatable bonds is 12. The second-order valence-corrected chi connectivity index (χ2v) is 6.46. The topological polar surface area (TPSA) is 191 Å². The van der Waals surface area contributed by atoms with Gasteiger partial charge in [-0.15, -0.1) is 0 Å². The van der Waals surface area contributed by atoms with E-state index in [1.165, 1.54) is 18.7 Å². The van der Waals surface area contributed by atoms with Crippen LogP contribution in [0.15, 0.2) is 0 Å². The van der Waals surface area contributed by atoms with Gasteiger partial charge in [0.05, 0.1) is 19.3 Å². The third-order valence-electron chi connectivity index (χ3n) is 3.26. The van der Waals surface area contributed by atoms with Crippen LogP contribution in [0.2, 0.25) is 0 Å². The van der Waals surface area contributed by atoms with E-state index in [1.807, 2.05) is 0 Å². The Morgan fingerprint density at radius 3 is 2.23 bits per heavy atom. The third kappa shape index (κ3) is 8.99. The molecule has 0 heterocycles. The van der Waals surface area contributed by atoms with E-state index >= 15 is 0 Å². The fourth-order valence-corrected chi connectivity index (χ4v) is 2.24. The standard InChI is InChI=1S/C14H26N4O7S/c1-7(20)11(18-12(22)8(15)6-19)13(23)16-5-10(21)17-9(14(24)25)3-4-26-2/h7-9,11,19-20H,3-6,15H2,1-2H3,(H,16,23)(H,17,21)(H,18,22)(H,24,25). The van der Waals surface area contributed by atoms with E-state index in [4.69, 9.17) is 15.9 Å². The first-order chi connectivity index (χ1) is 12.1. The van der Waals surface area contributed by atoms with Crippen LogP contribution >= 0.6 is 11.8 Å². The molecule has 0 aromatic rings. The summed E-state index contributed by atoms with van der Waals surface area (Å²) in [5.74, 6) is -3.09. The fourth-order valence-electron chi connectivity index (χ4n) is 1.76. The number of carboxylic acids is 1. The molecule has 0 aliphatic heterocycles. The normalized spacial score (nSPS) is 15.3. The van der Waals surface area contributed by atoms with Gasteiger partial charge in [0.1, 0.15) is 18.1 Å². The van der Waals surface area contributed by atoms with Crippen molar-refractivity contribution in [2.45, 2.75) is 37.6 Å². The summed E-state index contributed by atoms with van der Waals surface area (Å²) in [7, 11) is 0. The molecule has 4 unspecified atom stereocenters. The average Bonchev–Trinajstić information content (AvgIpc) is 2.59. The van der Waals surface area contributed by atoms with E-state index in [0.29, 0.717) is 5.75 Å². The van der Waals surface area contributed by atoms with Gasteiger partial charge in [-0.1, -0.05) is 0 Å². The molecule has 0 aliphatic carbocycles.